The Morgan fingerprint density at radius 3 is 2.83 bits per heavy atom. The summed E-state index contributed by atoms with van der Waals surface area (Å²) in [5.41, 5.74) is 0.560. The predicted molar refractivity (Wildman–Crippen MR) is 78.0 cm³/mol. The Hall–Kier alpha value is -1.20. The van der Waals surface area contributed by atoms with Gasteiger partial charge in [-0.25, -0.2) is 4.98 Å². The summed E-state index contributed by atoms with van der Waals surface area (Å²) in [4.78, 5) is 19.1. The van der Waals surface area contributed by atoms with Crippen LogP contribution < -0.4 is 4.90 Å². The van der Waals surface area contributed by atoms with Crippen molar-refractivity contribution in [1.82, 2.24) is 4.98 Å². The smallest absolute Gasteiger partial charge is 0.185 e. The van der Waals surface area contributed by atoms with Gasteiger partial charge in [0.25, 0.3) is 0 Å². The molecule has 1 unspecified atom stereocenters. The zero-order valence-electron chi connectivity index (χ0n) is 10.7. The van der Waals surface area contributed by atoms with E-state index >= 15 is 0 Å². The summed E-state index contributed by atoms with van der Waals surface area (Å²) in [6.07, 6.45) is 1.00. The van der Waals surface area contributed by atoms with Crippen LogP contribution in [0.3, 0.4) is 0 Å². The number of anilines is 1. The molecule has 0 aliphatic rings. The quantitative estimate of drug-likeness (QED) is 0.786. The number of Topliss-reactive ketones (excluding diaryl/α,β-unsaturated/α-hetero) is 1. The summed E-state index contributed by atoms with van der Waals surface area (Å²) in [5, 5.41) is 4.83. The number of aromatic nitrogens is 1. The molecule has 2 rings (SSSR count). The zero-order valence-corrected chi connectivity index (χ0v) is 12.3. The van der Waals surface area contributed by atoms with Crippen molar-refractivity contribution in [3.05, 3.63) is 33.5 Å². The van der Waals surface area contributed by atoms with Crippen molar-refractivity contribution in [3.8, 4) is 0 Å². The van der Waals surface area contributed by atoms with Crippen LogP contribution in [0, 0.1) is 0 Å². The standard InChI is InChI=1S/C13H16N2OS2/c1-9(7-11-5-4-6-17-11)15(3)13-14-12(8-18-13)10(2)16/h4-6,8-9H,7H2,1-3H3. The van der Waals surface area contributed by atoms with Gasteiger partial charge in [-0.3, -0.25) is 4.79 Å². The summed E-state index contributed by atoms with van der Waals surface area (Å²) < 4.78 is 0. The van der Waals surface area contributed by atoms with Crippen molar-refractivity contribution < 1.29 is 4.79 Å². The molecule has 0 amide bonds. The number of hydrogen-bond donors (Lipinski definition) is 0. The number of nitrogens with zero attached hydrogens (tertiary/aromatic N) is 2. The third-order valence-corrected chi connectivity index (χ3v) is 4.72. The van der Waals surface area contributed by atoms with E-state index in [0.717, 1.165) is 11.6 Å². The van der Waals surface area contributed by atoms with Gasteiger partial charge < -0.3 is 4.90 Å². The Labute approximate surface area is 115 Å². The molecule has 2 aromatic rings. The maximum Gasteiger partial charge on any atom is 0.185 e. The van der Waals surface area contributed by atoms with E-state index in [4.69, 9.17) is 0 Å². The van der Waals surface area contributed by atoms with Crippen LogP contribution in [0.15, 0.2) is 22.9 Å². The minimum atomic E-state index is 0.0248. The lowest BCUT2D eigenvalue weighted by atomic mass is 10.2. The molecule has 18 heavy (non-hydrogen) atoms. The van der Waals surface area contributed by atoms with Crippen LogP contribution in [0.4, 0.5) is 5.13 Å². The predicted octanol–water partition coefficient (Wildman–Crippen LogP) is 3.47. The van der Waals surface area contributed by atoms with Gasteiger partial charge in [-0.15, -0.1) is 22.7 Å². The van der Waals surface area contributed by atoms with Crippen LogP contribution in [0.25, 0.3) is 0 Å². The highest BCUT2D eigenvalue weighted by atomic mass is 32.1. The number of rotatable bonds is 5. The second kappa shape index (κ2) is 5.63. The fraction of sp³-hybridized carbons (Fsp3) is 0.385. The van der Waals surface area contributed by atoms with E-state index in [1.807, 2.05) is 12.4 Å². The third-order valence-electron chi connectivity index (χ3n) is 2.89. The van der Waals surface area contributed by atoms with Gasteiger partial charge >= 0.3 is 0 Å². The summed E-state index contributed by atoms with van der Waals surface area (Å²) >= 11 is 3.30. The number of ketones is 1. The van der Waals surface area contributed by atoms with Gasteiger partial charge in [-0.2, -0.15) is 0 Å². The first-order valence-corrected chi connectivity index (χ1v) is 7.55. The lowest BCUT2D eigenvalue weighted by molar-refractivity contribution is 0.101. The fourth-order valence-electron chi connectivity index (χ4n) is 1.63. The molecule has 3 nitrogen and oxygen atoms in total. The molecule has 96 valence electrons. The first-order chi connectivity index (χ1) is 8.58. The molecule has 0 fully saturated rings. The van der Waals surface area contributed by atoms with E-state index in [0.29, 0.717) is 11.7 Å². The van der Waals surface area contributed by atoms with Crippen molar-refractivity contribution in [2.75, 3.05) is 11.9 Å². The van der Waals surface area contributed by atoms with Gasteiger partial charge in [0.2, 0.25) is 0 Å². The molecule has 0 aliphatic carbocycles. The molecule has 0 N–H and O–H groups in total. The van der Waals surface area contributed by atoms with E-state index < -0.39 is 0 Å². The van der Waals surface area contributed by atoms with Crippen LogP contribution in [-0.4, -0.2) is 23.9 Å². The first kappa shape index (κ1) is 13.2. The topological polar surface area (TPSA) is 33.2 Å². The van der Waals surface area contributed by atoms with E-state index in [1.165, 1.54) is 16.2 Å². The van der Waals surface area contributed by atoms with Crippen LogP contribution in [0.5, 0.6) is 0 Å². The minimum absolute atomic E-state index is 0.0248. The number of carbonyl (C=O) groups is 1. The Morgan fingerprint density at radius 1 is 1.50 bits per heavy atom. The molecular weight excluding hydrogens is 264 g/mol. The number of likely N-dealkylation sites (N-methyl/N-ethyl adjacent to an activating group) is 1. The van der Waals surface area contributed by atoms with Crippen molar-refractivity contribution in [2.24, 2.45) is 0 Å². The summed E-state index contributed by atoms with van der Waals surface area (Å²) in [5.74, 6) is 0.0248. The number of hydrogen-bond acceptors (Lipinski definition) is 5. The highest BCUT2D eigenvalue weighted by Crippen LogP contribution is 2.23. The Bertz CT molecular complexity index is 519. The molecule has 0 aromatic carbocycles. The van der Waals surface area contributed by atoms with Gasteiger partial charge in [0.05, 0.1) is 0 Å². The van der Waals surface area contributed by atoms with E-state index in [2.05, 4.69) is 34.3 Å². The van der Waals surface area contributed by atoms with Crippen molar-refractivity contribution in [2.45, 2.75) is 26.3 Å². The Balaban J connectivity index is 2.05. The highest BCUT2D eigenvalue weighted by molar-refractivity contribution is 7.14. The number of thiophene rings is 1. The second-order valence-electron chi connectivity index (χ2n) is 4.31. The SMILES string of the molecule is CC(=O)c1csc(N(C)C(C)Cc2cccs2)n1. The Kier molecular flexibility index (Phi) is 4.14. The summed E-state index contributed by atoms with van der Waals surface area (Å²) in [6, 6.07) is 4.59. The first-order valence-electron chi connectivity index (χ1n) is 5.79. The molecule has 0 spiro atoms. The van der Waals surface area contributed by atoms with Gasteiger partial charge in [0.1, 0.15) is 5.69 Å². The molecule has 0 aliphatic heterocycles. The van der Waals surface area contributed by atoms with Crippen molar-refractivity contribution in [1.29, 1.82) is 0 Å². The van der Waals surface area contributed by atoms with Crippen LogP contribution in [0.2, 0.25) is 0 Å². The lowest BCUT2D eigenvalue weighted by Crippen LogP contribution is -2.30. The summed E-state index contributed by atoms with van der Waals surface area (Å²) in [7, 11) is 2.03. The molecule has 5 heteroatoms. The number of carbonyl (C=O) groups excluding carboxylic acids is 1. The summed E-state index contributed by atoms with van der Waals surface area (Å²) in [6.45, 7) is 3.72. The monoisotopic (exact) mass is 280 g/mol. The molecule has 2 aromatic heterocycles. The molecule has 1 atom stereocenters. The molecule has 2 heterocycles. The zero-order chi connectivity index (χ0) is 13.1. The van der Waals surface area contributed by atoms with Gasteiger partial charge in [-0.1, -0.05) is 6.07 Å². The third kappa shape index (κ3) is 2.97. The molecule has 0 saturated carbocycles. The van der Waals surface area contributed by atoms with Gasteiger partial charge in [0, 0.05) is 36.7 Å². The Morgan fingerprint density at radius 2 is 2.28 bits per heavy atom. The van der Waals surface area contributed by atoms with E-state index in [-0.39, 0.29) is 5.78 Å². The molecule has 0 radical (unpaired) electrons. The van der Waals surface area contributed by atoms with Crippen LogP contribution in [-0.2, 0) is 6.42 Å². The molecule has 0 bridgehead atoms. The van der Waals surface area contributed by atoms with Crippen LogP contribution >= 0.6 is 22.7 Å². The molecular formula is C13H16N2OS2. The maximum atomic E-state index is 11.2. The number of thiazole rings is 1. The average Bonchev–Trinajstić information content (AvgIpc) is 2.98. The fourth-order valence-corrected chi connectivity index (χ4v) is 3.39. The molecule has 0 saturated heterocycles. The highest BCUT2D eigenvalue weighted by Gasteiger charge is 2.15. The largest absolute Gasteiger partial charge is 0.348 e. The van der Waals surface area contributed by atoms with Gasteiger partial charge in [0.15, 0.2) is 10.9 Å². The van der Waals surface area contributed by atoms with E-state index in [9.17, 15) is 4.79 Å². The van der Waals surface area contributed by atoms with Gasteiger partial charge in [-0.05, 0) is 18.4 Å². The van der Waals surface area contributed by atoms with E-state index in [1.54, 1.807) is 18.3 Å². The maximum absolute atomic E-state index is 11.2. The minimum Gasteiger partial charge on any atom is -0.348 e. The van der Waals surface area contributed by atoms with Crippen LogP contribution in [0.1, 0.15) is 29.2 Å². The lowest BCUT2D eigenvalue weighted by Gasteiger charge is -2.23. The van der Waals surface area contributed by atoms with Crippen molar-refractivity contribution in [3.63, 3.8) is 0 Å². The van der Waals surface area contributed by atoms with Crippen molar-refractivity contribution >= 4 is 33.6 Å². The normalized spacial score (nSPS) is 12.4. The second-order valence-corrected chi connectivity index (χ2v) is 6.18. The average molecular weight is 280 g/mol.